The number of nitrogens with zero attached hydrogens (tertiary/aromatic N) is 2. The van der Waals surface area contributed by atoms with E-state index in [0.29, 0.717) is 31.2 Å². The van der Waals surface area contributed by atoms with Gasteiger partial charge in [-0.2, -0.15) is 0 Å². The van der Waals surface area contributed by atoms with Gasteiger partial charge in [0.2, 0.25) is 11.8 Å². The largest absolute Gasteiger partial charge is 0.368 e. The van der Waals surface area contributed by atoms with E-state index < -0.39 is 17.9 Å². The van der Waals surface area contributed by atoms with Crippen molar-refractivity contribution >= 4 is 58.2 Å². The summed E-state index contributed by atoms with van der Waals surface area (Å²) in [4.78, 5) is 41.1. The molecule has 10 heteroatoms. The van der Waals surface area contributed by atoms with Crippen molar-refractivity contribution in [2.24, 2.45) is 0 Å². The number of benzene rings is 2. The molecule has 7 nitrogen and oxygen atoms in total. The maximum atomic E-state index is 12.5. The molecule has 1 fully saturated rings. The molecular formula is C22H23Cl3N4O3. The van der Waals surface area contributed by atoms with E-state index in [1.807, 2.05) is 24.3 Å². The monoisotopic (exact) mass is 496 g/mol. The van der Waals surface area contributed by atoms with Gasteiger partial charge in [0.05, 0.1) is 22.2 Å². The SMILES string of the molecule is CC(NC(=O)c1cccc(Cl)c1Cl)C(=O)NCC(=O)N1CCN(c2cccc(Cl)c2)CC1. The van der Waals surface area contributed by atoms with Gasteiger partial charge in [-0.05, 0) is 37.3 Å². The van der Waals surface area contributed by atoms with Crippen LogP contribution in [0.2, 0.25) is 15.1 Å². The quantitative estimate of drug-likeness (QED) is 0.642. The predicted molar refractivity (Wildman–Crippen MR) is 127 cm³/mol. The summed E-state index contributed by atoms with van der Waals surface area (Å²) in [6.45, 7) is 3.81. The van der Waals surface area contributed by atoms with Crippen molar-refractivity contribution in [2.45, 2.75) is 13.0 Å². The zero-order valence-electron chi connectivity index (χ0n) is 17.4. The topological polar surface area (TPSA) is 81.8 Å². The number of anilines is 1. The molecule has 0 aromatic heterocycles. The van der Waals surface area contributed by atoms with E-state index in [1.54, 1.807) is 17.0 Å². The second-order valence-electron chi connectivity index (χ2n) is 7.36. The molecule has 170 valence electrons. The van der Waals surface area contributed by atoms with Crippen LogP contribution in [-0.4, -0.2) is 61.4 Å². The summed E-state index contributed by atoms with van der Waals surface area (Å²) in [6.07, 6.45) is 0. The third-order valence-corrected chi connectivity index (χ3v) is 6.21. The smallest absolute Gasteiger partial charge is 0.253 e. The number of carbonyl (C=O) groups is 3. The highest BCUT2D eigenvalue weighted by Crippen LogP contribution is 2.25. The van der Waals surface area contributed by atoms with Crippen LogP contribution in [0.4, 0.5) is 5.69 Å². The van der Waals surface area contributed by atoms with E-state index in [4.69, 9.17) is 34.8 Å². The van der Waals surface area contributed by atoms with E-state index in [0.717, 1.165) is 5.69 Å². The first kappa shape index (κ1) is 24.2. The Morgan fingerprint density at radius 1 is 1.00 bits per heavy atom. The van der Waals surface area contributed by atoms with E-state index in [1.165, 1.54) is 13.0 Å². The summed E-state index contributed by atoms with van der Waals surface area (Å²) in [5, 5.41) is 6.17. The van der Waals surface area contributed by atoms with Crippen molar-refractivity contribution in [3.8, 4) is 0 Å². The van der Waals surface area contributed by atoms with E-state index in [-0.39, 0.29) is 28.1 Å². The molecule has 0 radical (unpaired) electrons. The van der Waals surface area contributed by atoms with Gasteiger partial charge in [-0.25, -0.2) is 0 Å². The van der Waals surface area contributed by atoms with Gasteiger partial charge in [-0.3, -0.25) is 14.4 Å². The average Bonchev–Trinajstić information content (AvgIpc) is 2.79. The van der Waals surface area contributed by atoms with Crippen LogP contribution in [0.15, 0.2) is 42.5 Å². The third-order valence-electron chi connectivity index (χ3n) is 5.16. The number of rotatable bonds is 6. The van der Waals surface area contributed by atoms with Crippen molar-refractivity contribution in [2.75, 3.05) is 37.6 Å². The lowest BCUT2D eigenvalue weighted by Gasteiger charge is -2.36. The summed E-state index contributed by atoms with van der Waals surface area (Å²) in [6, 6.07) is 11.4. The van der Waals surface area contributed by atoms with Crippen molar-refractivity contribution < 1.29 is 14.4 Å². The molecule has 1 heterocycles. The molecule has 2 aromatic carbocycles. The molecule has 3 rings (SSSR count). The average molecular weight is 498 g/mol. The van der Waals surface area contributed by atoms with Gasteiger partial charge in [-0.1, -0.05) is 46.9 Å². The van der Waals surface area contributed by atoms with Gasteiger partial charge in [0.1, 0.15) is 6.04 Å². The highest BCUT2D eigenvalue weighted by Gasteiger charge is 2.23. The number of halogens is 3. The highest BCUT2D eigenvalue weighted by atomic mass is 35.5. The number of carbonyl (C=O) groups excluding carboxylic acids is 3. The third kappa shape index (κ3) is 6.06. The molecule has 3 amide bonds. The number of piperazine rings is 1. The molecule has 1 aliphatic heterocycles. The fourth-order valence-corrected chi connectivity index (χ4v) is 3.90. The van der Waals surface area contributed by atoms with Gasteiger partial charge in [0.25, 0.3) is 5.91 Å². The van der Waals surface area contributed by atoms with Gasteiger partial charge >= 0.3 is 0 Å². The Balaban J connectivity index is 1.45. The molecule has 0 bridgehead atoms. The van der Waals surface area contributed by atoms with Crippen molar-refractivity contribution in [1.29, 1.82) is 0 Å². The summed E-state index contributed by atoms with van der Waals surface area (Å²) in [7, 11) is 0. The van der Waals surface area contributed by atoms with Gasteiger partial charge in [0.15, 0.2) is 0 Å². The molecule has 1 saturated heterocycles. The van der Waals surface area contributed by atoms with Crippen LogP contribution in [0.5, 0.6) is 0 Å². The van der Waals surface area contributed by atoms with Gasteiger partial charge in [0, 0.05) is 36.9 Å². The maximum absolute atomic E-state index is 12.5. The minimum Gasteiger partial charge on any atom is -0.368 e. The van der Waals surface area contributed by atoms with Crippen molar-refractivity contribution in [1.82, 2.24) is 15.5 Å². The Hall–Kier alpha value is -2.48. The van der Waals surface area contributed by atoms with Crippen LogP contribution in [-0.2, 0) is 9.59 Å². The summed E-state index contributed by atoms with van der Waals surface area (Å²) in [5.41, 5.74) is 1.19. The zero-order chi connectivity index (χ0) is 23.3. The van der Waals surface area contributed by atoms with Crippen molar-refractivity contribution in [3.63, 3.8) is 0 Å². The second-order valence-corrected chi connectivity index (χ2v) is 8.58. The first-order chi connectivity index (χ1) is 15.3. The van der Waals surface area contributed by atoms with Crippen LogP contribution >= 0.6 is 34.8 Å². The molecule has 1 aliphatic rings. The Morgan fingerprint density at radius 3 is 2.38 bits per heavy atom. The normalized spacial score (nSPS) is 14.6. The molecule has 0 spiro atoms. The molecule has 1 atom stereocenters. The summed E-state index contributed by atoms with van der Waals surface area (Å²) >= 11 is 18.0. The van der Waals surface area contributed by atoms with E-state index in [2.05, 4.69) is 15.5 Å². The first-order valence-corrected chi connectivity index (χ1v) is 11.2. The van der Waals surface area contributed by atoms with Crippen LogP contribution in [0.1, 0.15) is 17.3 Å². The summed E-state index contributed by atoms with van der Waals surface area (Å²) < 4.78 is 0. The van der Waals surface area contributed by atoms with Crippen LogP contribution in [0, 0.1) is 0 Å². The lowest BCUT2D eigenvalue weighted by molar-refractivity contribution is -0.133. The number of amides is 3. The number of nitrogens with one attached hydrogen (secondary N) is 2. The van der Waals surface area contributed by atoms with Crippen LogP contribution in [0.25, 0.3) is 0 Å². The van der Waals surface area contributed by atoms with Gasteiger partial charge < -0.3 is 20.4 Å². The van der Waals surface area contributed by atoms with Crippen LogP contribution in [0.3, 0.4) is 0 Å². The summed E-state index contributed by atoms with van der Waals surface area (Å²) in [5.74, 6) is -1.17. The van der Waals surface area contributed by atoms with E-state index >= 15 is 0 Å². The Morgan fingerprint density at radius 2 is 1.69 bits per heavy atom. The zero-order valence-corrected chi connectivity index (χ0v) is 19.7. The molecule has 2 aromatic rings. The molecule has 32 heavy (non-hydrogen) atoms. The minimum atomic E-state index is -0.856. The number of hydrogen-bond donors (Lipinski definition) is 2. The molecule has 0 saturated carbocycles. The molecule has 0 aliphatic carbocycles. The predicted octanol–water partition coefficient (Wildman–Crippen LogP) is 3.23. The van der Waals surface area contributed by atoms with Crippen molar-refractivity contribution in [3.05, 3.63) is 63.1 Å². The Bertz CT molecular complexity index is 1010. The lowest BCUT2D eigenvalue weighted by atomic mass is 10.2. The fraction of sp³-hybridized carbons (Fsp3) is 0.318. The Labute approximate surface area is 201 Å². The molecule has 2 N–H and O–H groups in total. The standard InChI is InChI=1S/C22H23Cl3N4O3/c1-14(27-22(32)17-6-3-7-18(24)20(17)25)21(31)26-13-19(30)29-10-8-28(9-11-29)16-5-2-4-15(23)12-16/h2-7,12,14H,8-11,13H2,1H3,(H,26,31)(H,27,32). The molecule has 1 unspecified atom stereocenters. The maximum Gasteiger partial charge on any atom is 0.253 e. The first-order valence-electron chi connectivity index (χ1n) is 10.1. The minimum absolute atomic E-state index is 0.117. The van der Waals surface area contributed by atoms with Crippen LogP contribution < -0.4 is 15.5 Å². The number of hydrogen-bond acceptors (Lipinski definition) is 4. The lowest BCUT2D eigenvalue weighted by Crippen LogP contribution is -2.52. The fourth-order valence-electron chi connectivity index (χ4n) is 3.33. The van der Waals surface area contributed by atoms with Gasteiger partial charge in [-0.15, -0.1) is 0 Å². The van der Waals surface area contributed by atoms with E-state index in [9.17, 15) is 14.4 Å². The molecular weight excluding hydrogens is 475 g/mol. The second kappa shape index (κ2) is 10.9. The Kier molecular flexibility index (Phi) is 8.23. The highest BCUT2D eigenvalue weighted by molar-refractivity contribution is 6.43.